The summed E-state index contributed by atoms with van der Waals surface area (Å²) >= 11 is 0. The Kier molecular flexibility index (Phi) is 3.73. The summed E-state index contributed by atoms with van der Waals surface area (Å²) < 4.78 is 5.08. The summed E-state index contributed by atoms with van der Waals surface area (Å²) in [6.45, 7) is 5.29. The standard InChI is InChI=1S/C12H16N2O3/c1-12(2,3)17-11(16)14-9-6-4-5-8(7-15)10(9)13/h4-7H,13H2,1-3H3,(H,14,16). The third-order valence-electron chi connectivity index (χ3n) is 1.90. The molecule has 3 N–H and O–H groups in total. The van der Waals surface area contributed by atoms with Gasteiger partial charge in [-0.2, -0.15) is 0 Å². The normalized spacial score (nSPS) is 10.8. The molecule has 1 amide bonds. The lowest BCUT2D eigenvalue weighted by atomic mass is 10.1. The molecule has 0 unspecified atom stereocenters. The molecule has 0 saturated carbocycles. The molecule has 0 aliphatic carbocycles. The predicted molar refractivity (Wildman–Crippen MR) is 66.1 cm³/mol. The van der Waals surface area contributed by atoms with Crippen molar-refractivity contribution >= 4 is 23.8 Å². The summed E-state index contributed by atoms with van der Waals surface area (Å²) in [7, 11) is 0. The van der Waals surface area contributed by atoms with Crippen LogP contribution in [0, 0.1) is 0 Å². The van der Waals surface area contributed by atoms with Crippen LogP contribution < -0.4 is 11.1 Å². The van der Waals surface area contributed by atoms with E-state index < -0.39 is 11.7 Å². The Labute approximate surface area is 99.9 Å². The van der Waals surface area contributed by atoms with Gasteiger partial charge in [0.1, 0.15) is 5.60 Å². The van der Waals surface area contributed by atoms with Crippen LogP contribution in [0.2, 0.25) is 0 Å². The number of ether oxygens (including phenoxy) is 1. The molecular formula is C12H16N2O3. The van der Waals surface area contributed by atoms with Gasteiger partial charge in [-0.05, 0) is 32.9 Å². The maximum Gasteiger partial charge on any atom is 0.412 e. The highest BCUT2D eigenvalue weighted by atomic mass is 16.6. The first-order valence-corrected chi connectivity index (χ1v) is 5.17. The minimum atomic E-state index is -0.604. The molecule has 1 rings (SSSR count). The van der Waals surface area contributed by atoms with Gasteiger partial charge in [-0.25, -0.2) is 4.79 Å². The fourth-order valence-electron chi connectivity index (χ4n) is 1.21. The monoisotopic (exact) mass is 236 g/mol. The second-order valence-electron chi connectivity index (χ2n) is 4.55. The van der Waals surface area contributed by atoms with E-state index in [1.807, 2.05) is 0 Å². The number of nitrogens with two attached hydrogens (primary N) is 1. The van der Waals surface area contributed by atoms with Gasteiger partial charge in [0.15, 0.2) is 6.29 Å². The Bertz CT molecular complexity index is 436. The van der Waals surface area contributed by atoms with Crippen LogP contribution in [0.3, 0.4) is 0 Å². The minimum Gasteiger partial charge on any atom is -0.444 e. The molecule has 0 spiro atoms. The number of aldehydes is 1. The zero-order valence-corrected chi connectivity index (χ0v) is 10.1. The fraction of sp³-hybridized carbons (Fsp3) is 0.333. The molecule has 0 aliphatic rings. The number of amides is 1. The summed E-state index contributed by atoms with van der Waals surface area (Å²) in [6, 6.07) is 4.81. The van der Waals surface area contributed by atoms with Crippen molar-refractivity contribution in [3.05, 3.63) is 23.8 Å². The van der Waals surface area contributed by atoms with Gasteiger partial charge in [0.2, 0.25) is 0 Å². The highest BCUT2D eigenvalue weighted by molar-refractivity contribution is 5.95. The molecule has 0 saturated heterocycles. The highest BCUT2D eigenvalue weighted by Crippen LogP contribution is 2.22. The highest BCUT2D eigenvalue weighted by Gasteiger charge is 2.17. The minimum absolute atomic E-state index is 0.230. The first-order chi connectivity index (χ1) is 7.83. The van der Waals surface area contributed by atoms with Crippen molar-refractivity contribution in [2.45, 2.75) is 26.4 Å². The van der Waals surface area contributed by atoms with E-state index in [0.29, 0.717) is 17.5 Å². The lowest BCUT2D eigenvalue weighted by Crippen LogP contribution is -2.27. The topological polar surface area (TPSA) is 81.4 Å². The van der Waals surface area contributed by atoms with E-state index in [4.69, 9.17) is 10.5 Å². The maximum absolute atomic E-state index is 11.5. The van der Waals surface area contributed by atoms with Gasteiger partial charge in [0, 0.05) is 5.56 Å². The summed E-state index contributed by atoms with van der Waals surface area (Å²) in [4.78, 5) is 22.2. The smallest absolute Gasteiger partial charge is 0.412 e. The van der Waals surface area contributed by atoms with Gasteiger partial charge < -0.3 is 10.5 Å². The molecule has 0 fully saturated rings. The Morgan fingerprint density at radius 3 is 2.59 bits per heavy atom. The predicted octanol–water partition coefficient (Wildman–Crippen LogP) is 2.43. The summed E-state index contributed by atoms with van der Waals surface area (Å²) in [5, 5.41) is 2.50. The SMILES string of the molecule is CC(C)(C)OC(=O)Nc1cccc(C=O)c1N. The first-order valence-electron chi connectivity index (χ1n) is 5.17. The number of anilines is 2. The fourth-order valence-corrected chi connectivity index (χ4v) is 1.21. The number of hydrogen-bond donors (Lipinski definition) is 2. The van der Waals surface area contributed by atoms with Crippen molar-refractivity contribution in [1.82, 2.24) is 0 Å². The molecule has 0 aromatic heterocycles. The Morgan fingerprint density at radius 2 is 2.06 bits per heavy atom. The number of nitrogens with one attached hydrogen (secondary N) is 1. The molecule has 0 heterocycles. The van der Waals surface area contributed by atoms with Crippen molar-refractivity contribution in [1.29, 1.82) is 0 Å². The Morgan fingerprint density at radius 1 is 1.41 bits per heavy atom. The number of hydrogen-bond acceptors (Lipinski definition) is 4. The first kappa shape index (κ1) is 13.0. The Hall–Kier alpha value is -2.04. The van der Waals surface area contributed by atoms with E-state index >= 15 is 0 Å². The van der Waals surface area contributed by atoms with Crippen LogP contribution in [-0.4, -0.2) is 18.0 Å². The van der Waals surface area contributed by atoms with Crippen LogP contribution in [0.5, 0.6) is 0 Å². The quantitative estimate of drug-likeness (QED) is 0.610. The number of nitrogen functional groups attached to an aromatic ring is 1. The molecule has 0 radical (unpaired) electrons. The van der Waals surface area contributed by atoms with Gasteiger partial charge in [0.05, 0.1) is 11.4 Å². The molecule has 92 valence electrons. The third kappa shape index (κ3) is 3.79. The average molecular weight is 236 g/mol. The number of para-hydroxylation sites is 1. The van der Waals surface area contributed by atoms with Crippen LogP contribution in [0.4, 0.5) is 16.2 Å². The molecule has 1 aromatic carbocycles. The van der Waals surface area contributed by atoms with Crippen molar-refractivity contribution in [2.24, 2.45) is 0 Å². The van der Waals surface area contributed by atoms with Gasteiger partial charge in [-0.3, -0.25) is 10.1 Å². The molecule has 1 aromatic rings. The van der Waals surface area contributed by atoms with Crippen molar-refractivity contribution < 1.29 is 14.3 Å². The third-order valence-corrected chi connectivity index (χ3v) is 1.90. The van der Waals surface area contributed by atoms with Crippen molar-refractivity contribution in [3.63, 3.8) is 0 Å². The van der Waals surface area contributed by atoms with Gasteiger partial charge in [-0.15, -0.1) is 0 Å². The molecule has 0 atom stereocenters. The lowest BCUT2D eigenvalue weighted by Gasteiger charge is -2.20. The molecule has 5 heteroatoms. The molecule has 0 bridgehead atoms. The van der Waals surface area contributed by atoms with Gasteiger partial charge >= 0.3 is 6.09 Å². The largest absolute Gasteiger partial charge is 0.444 e. The number of benzene rings is 1. The van der Waals surface area contributed by atoms with Crippen LogP contribution >= 0.6 is 0 Å². The van der Waals surface area contributed by atoms with Gasteiger partial charge in [0.25, 0.3) is 0 Å². The second-order valence-corrected chi connectivity index (χ2v) is 4.55. The van der Waals surface area contributed by atoms with Crippen LogP contribution in [-0.2, 0) is 4.74 Å². The average Bonchev–Trinajstić information content (AvgIpc) is 2.18. The maximum atomic E-state index is 11.5. The van der Waals surface area contributed by atoms with Gasteiger partial charge in [-0.1, -0.05) is 6.07 Å². The summed E-state index contributed by atoms with van der Waals surface area (Å²) in [6.07, 6.45) is 0.0301. The van der Waals surface area contributed by atoms with E-state index in [2.05, 4.69) is 5.32 Å². The lowest BCUT2D eigenvalue weighted by molar-refractivity contribution is 0.0636. The zero-order valence-electron chi connectivity index (χ0n) is 10.1. The molecule has 0 aliphatic heterocycles. The van der Waals surface area contributed by atoms with E-state index in [1.54, 1.807) is 39.0 Å². The summed E-state index contributed by atoms with van der Waals surface area (Å²) in [5.74, 6) is 0. The van der Waals surface area contributed by atoms with E-state index in [9.17, 15) is 9.59 Å². The number of rotatable bonds is 2. The Balaban J connectivity index is 2.82. The molecule has 17 heavy (non-hydrogen) atoms. The van der Waals surface area contributed by atoms with Crippen molar-refractivity contribution in [2.75, 3.05) is 11.1 Å². The van der Waals surface area contributed by atoms with E-state index in [1.165, 1.54) is 0 Å². The van der Waals surface area contributed by atoms with Crippen molar-refractivity contribution in [3.8, 4) is 0 Å². The molecule has 5 nitrogen and oxygen atoms in total. The van der Waals surface area contributed by atoms with Crippen LogP contribution in [0.15, 0.2) is 18.2 Å². The molecular weight excluding hydrogens is 220 g/mol. The van der Waals surface area contributed by atoms with E-state index in [-0.39, 0.29) is 5.69 Å². The number of carbonyl (C=O) groups is 2. The van der Waals surface area contributed by atoms with Crippen LogP contribution in [0.1, 0.15) is 31.1 Å². The van der Waals surface area contributed by atoms with Crippen LogP contribution in [0.25, 0.3) is 0 Å². The zero-order chi connectivity index (χ0) is 13.1. The second kappa shape index (κ2) is 4.86. The van der Waals surface area contributed by atoms with E-state index in [0.717, 1.165) is 0 Å². The summed E-state index contributed by atoms with van der Waals surface area (Å²) in [5.41, 5.74) is 6.05. The number of carbonyl (C=O) groups excluding carboxylic acids is 2.